The summed E-state index contributed by atoms with van der Waals surface area (Å²) in [5, 5.41) is 14.3. The molecule has 0 aromatic rings. The van der Waals surface area contributed by atoms with Crippen LogP contribution in [0.25, 0.3) is 0 Å². The lowest BCUT2D eigenvalue weighted by Crippen LogP contribution is -2.41. The van der Waals surface area contributed by atoms with E-state index >= 15 is 0 Å². The Balaban J connectivity index is 2.57. The predicted octanol–water partition coefficient (Wildman–Crippen LogP) is -0.434. The highest BCUT2D eigenvalue weighted by Crippen LogP contribution is 2.10. The standard InChI is InChI=1S/C3H7BrN4O2/c1-6-3(8(9)10)5-2-7(6)4/h3,5H,2H2,1H3. The Morgan fingerprint density at radius 2 is 2.50 bits per heavy atom. The quantitative estimate of drug-likeness (QED) is 0.362. The van der Waals surface area contributed by atoms with Crippen LogP contribution in [0, 0.1) is 10.1 Å². The second-order valence-corrected chi connectivity index (χ2v) is 2.75. The van der Waals surface area contributed by atoms with E-state index in [0.717, 1.165) is 0 Å². The van der Waals surface area contributed by atoms with Gasteiger partial charge in [-0.25, -0.2) is 5.32 Å². The first-order valence-electron chi connectivity index (χ1n) is 2.66. The molecule has 0 aliphatic carbocycles. The van der Waals surface area contributed by atoms with Crippen LogP contribution < -0.4 is 5.32 Å². The van der Waals surface area contributed by atoms with Crippen LogP contribution >= 0.6 is 16.1 Å². The molecule has 0 amide bonds. The van der Waals surface area contributed by atoms with Crippen molar-refractivity contribution in [1.29, 1.82) is 0 Å². The van der Waals surface area contributed by atoms with E-state index in [-0.39, 0.29) is 4.92 Å². The van der Waals surface area contributed by atoms with Crippen LogP contribution in [-0.4, -0.2) is 34.0 Å². The highest BCUT2D eigenvalue weighted by Gasteiger charge is 2.35. The lowest BCUT2D eigenvalue weighted by Gasteiger charge is -2.14. The third-order valence-electron chi connectivity index (χ3n) is 1.30. The summed E-state index contributed by atoms with van der Waals surface area (Å²) in [7, 11) is 1.63. The van der Waals surface area contributed by atoms with Gasteiger partial charge in [0.05, 0.1) is 11.6 Å². The monoisotopic (exact) mass is 210 g/mol. The number of hydrogen-bond donors (Lipinski definition) is 1. The molecule has 58 valence electrons. The fourth-order valence-electron chi connectivity index (χ4n) is 0.730. The number of halogens is 1. The highest BCUT2D eigenvalue weighted by atomic mass is 79.9. The predicted molar refractivity (Wildman–Crippen MR) is 37.3 cm³/mol. The van der Waals surface area contributed by atoms with Crippen molar-refractivity contribution >= 4 is 16.1 Å². The molecule has 1 aliphatic heterocycles. The van der Waals surface area contributed by atoms with E-state index in [9.17, 15) is 10.1 Å². The summed E-state index contributed by atoms with van der Waals surface area (Å²) in [4.78, 5) is 9.82. The largest absolute Gasteiger partial charge is 0.339 e. The average molecular weight is 211 g/mol. The highest BCUT2D eigenvalue weighted by molar-refractivity contribution is 9.07. The van der Waals surface area contributed by atoms with Gasteiger partial charge in [0.15, 0.2) is 0 Å². The minimum atomic E-state index is -0.806. The molecule has 0 bridgehead atoms. The summed E-state index contributed by atoms with van der Waals surface area (Å²) < 4.78 is 1.56. The maximum atomic E-state index is 10.2. The molecule has 1 saturated heterocycles. The van der Waals surface area contributed by atoms with Gasteiger partial charge in [0.1, 0.15) is 0 Å². The Labute approximate surface area is 66.2 Å². The summed E-state index contributed by atoms with van der Waals surface area (Å²) in [6.45, 7) is 0.447. The van der Waals surface area contributed by atoms with Gasteiger partial charge in [-0.05, 0) is 0 Å². The lowest BCUT2D eigenvalue weighted by molar-refractivity contribution is -0.554. The summed E-state index contributed by atoms with van der Waals surface area (Å²) in [6, 6.07) is 0. The molecule has 1 rings (SSSR count). The van der Waals surface area contributed by atoms with Crippen molar-refractivity contribution in [2.75, 3.05) is 13.7 Å². The normalized spacial score (nSPS) is 29.2. The number of nitrogens with zero attached hydrogens (tertiary/aromatic N) is 3. The van der Waals surface area contributed by atoms with Crippen molar-refractivity contribution in [1.82, 2.24) is 14.4 Å². The second-order valence-electron chi connectivity index (χ2n) is 1.93. The van der Waals surface area contributed by atoms with E-state index in [2.05, 4.69) is 21.5 Å². The summed E-state index contributed by atoms with van der Waals surface area (Å²) in [5.74, 6) is 0. The minimum Gasteiger partial charge on any atom is -0.261 e. The molecule has 1 aliphatic rings. The van der Waals surface area contributed by atoms with Crippen LogP contribution in [0.15, 0.2) is 0 Å². The van der Waals surface area contributed by atoms with Gasteiger partial charge in [-0.1, -0.05) is 0 Å². The fraction of sp³-hybridized carbons (Fsp3) is 1.00. The van der Waals surface area contributed by atoms with Crippen LogP contribution in [-0.2, 0) is 0 Å². The van der Waals surface area contributed by atoms with Crippen molar-refractivity contribution in [3.05, 3.63) is 10.1 Å². The van der Waals surface area contributed by atoms with E-state index in [1.54, 1.807) is 11.1 Å². The topological polar surface area (TPSA) is 61.6 Å². The van der Waals surface area contributed by atoms with E-state index in [4.69, 9.17) is 0 Å². The van der Waals surface area contributed by atoms with Crippen molar-refractivity contribution in [2.45, 2.75) is 6.29 Å². The summed E-state index contributed by atoms with van der Waals surface area (Å²) >= 11 is 3.10. The molecule has 0 aromatic heterocycles. The van der Waals surface area contributed by atoms with E-state index in [1.807, 2.05) is 0 Å². The van der Waals surface area contributed by atoms with Crippen molar-refractivity contribution in [3.63, 3.8) is 0 Å². The van der Waals surface area contributed by atoms with Gasteiger partial charge in [-0.15, -0.1) is 0 Å². The maximum absolute atomic E-state index is 10.2. The fourth-order valence-corrected chi connectivity index (χ4v) is 1.05. The molecular formula is C3H7BrN4O2. The van der Waals surface area contributed by atoms with Crippen molar-refractivity contribution < 1.29 is 4.92 Å². The third-order valence-corrected chi connectivity index (χ3v) is 2.05. The zero-order valence-corrected chi connectivity index (χ0v) is 6.91. The Morgan fingerprint density at radius 3 is 2.70 bits per heavy atom. The number of rotatable bonds is 1. The SMILES string of the molecule is CN1C([N+](=O)[O-])NCN1Br. The Morgan fingerprint density at radius 1 is 1.90 bits per heavy atom. The molecule has 1 atom stereocenters. The van der Waals surface area contributed by atoms with Gasteiger partial charge in [-0.3, -0.25) is 10.1 Å². The molecule has 0 aromatic carbocycles. The lowest BCUT2D eigenvalue weighted by atomic mass is 10.8. The van der Waals surface area contributed by atoms with E-state index in [0.29, 0.717) is 6.67 Å². The molecule has 1 N–H and O–H groups in total. The molecular weight excluding hydrogens is 204 g/mol. The molecule has 1 heterocycles. The average Bonchev–Trinajstić information content (AvgIpc) is 2.14. The van der Waals surface area contributed by atoms with E-state index in [1.165, 1.54) is 5.01 Å². The van der Waals surface area contributed by atoms with Gasteiger partial charge < -0.3 is 0 Å². The zero-order valence-electron chi connectivity index (χ0n) is 5.32. The zero-order chi connectivity index (χ0) is 7.72. The molecule has 6 nitrogen and oxygen atoms in total. The summed E-state index contributed by atoms with van der Waals surface area (Å²) in [5.41, 5.74) is 0. The Hall–Kier alpha value is -0.240. The summed E-state index contributed by atoms with van der Waals surface area (Å²) in [6.07, 6.45) is -0.806. The van der Waals surface area contributed by atoms with Gasteiger partial charge in [-0.2, -0.15) is 9.04 Å². The van der Waals surface area contributed by atoms with Crippen molar-refractivity contribution in [2.24, 2.45) is 0 Å². The molecule has 1 fully saturated rings. The number of nitro groups is 1. The second kappa shape index (κ2) is 2.79. The molecule has 1 unspecified atom stereocenters. The van der Waals surface area contributed by atoms with Crippen LogP contribution in [0.5, 0.6) is 0 Å². The van der Waals surface area contributed by atoms with Crippen molar-refractivity contribution in [3.8, 4) is 0 Å². The minimum absolute atomic E-state index is 0.388. The Bertz CT molecular complexity index is 153. The maximum Gasteiger partial charge on any atom is 0.339 e. The first-order valence-corrected chi connectivity index (χ1v) is 3.37. The molecule has 7 heteroatoms. The van der Waals surface area contributed by atoms with Crippen LogP contribution in [0.3, 0.4) is 0 Å². The number of hydrogen-bond acceptors (Lipinski definition) is 5. The number of hydrazine groups is 1. The number of nitrogens with one attached hydrogen (secondary N) is 1. The first kappa shape index (κ1) is 7.86. The van der Waals surface area contributed by atoms with Crippen LogP contribution in [0.4, 0.5) is 0 Å². The third kappa shape index (κ3) is 1.26. The van der Waals surface area contributed by atoms with Crippen LogP contribution in [0.1, 0.15) is 0 Å². The van der Waals surface area contributed by atoms with Crippen LogP contribution in [0.2, 0.25) is 0 Å². The van der Waals surface area contributed by atoms with Gasteiger partial charge in [0.2, 0.25) is 0 Å². The smallest absolute Gasteiger partial charge is 0.261 e. The Kier molecular flexibility index (Phi) is 2.19. The first-order chi connectivity index (χ1) is 4.63. The molecule has 0 radical (unpaired) electrons. The molecule has 0 saturated carbocycles. The van der Waals surface area contributed by atoms with Gasteiger partial charge >= 0.3 is 6.29 Å². The van der Waals surface area contributed by atoms with E-state index < -0.39 is 6.29 Å². The van der Waals surface area contributed by atoms with Gasteiger partial charge in [0.25, 0.3) is 0 Å². The van der Waals surface area contributed by atoms with Gasteiger partial charge in [0, 0.05) is 23.2 Å². The molecule has 0 spiro atoms. The molecule has 10 heavy (non-hydrogen) atoms.